The summed E-state index contributed by atoms with van der Waals surface area (Å²) in [6.45, 7) is 6.52. The molecular weight excluding hydrogens is 222 g/mol. The van der Waals surface area contributed by atoms with Gasteiger partial charge in [-0.25, -0.2) is 0 Å². The van der Waals surface area contributed by atoms with E-state index in [2.05, 4.69) is 13.0 Å². The van der Waals surface area contributed by atoms with Crippen molar-refractivity contribution in [3.8, 4) is 0 Å². The van der Waals surface area contributed by atoms with E-state index in [0.717, 1.165) is 11.3 Å². The predicted octanol–water partition coefficient (Wildman–Crippen LogP) is 2.78. The maximum absolute atomic E-state index is 12.2. The van der Waals surface area contributed by atoms with Crippen LogP contribution in [-0.4, -0.2) is 5.78 Å². The maximum atomic E-state index is 12.2. The summed E-state index contributed by atoms with van der Waals surface area (Å²) in [5.74, 6) is 0.147. The third-order valence-electron chi connectivity index (χ3n) is 3.30. The minimum Gasteiger partial charge on any atom is -0.287 e. The van der Waals surface area contributed by atoms with Gasteiger partial charge in [0.25, 0.3) is 0 Å². The van der Waals surface area contributed by atoms with Crippen LogP contribution in [0.1, 0.15) is 27.2 Å². The minimum absolute atomic E-state index is 0.147. The molecular formula is C16H18NO+. The molecule has 0 aliphatic rings. The van der Waals surface area contributed by atoms with Gasteiger partial charge in [-0.15, -0.1) is 0 Å². The van der Waals surface area contributed by atoms with Gasteiger partial charge in [0.1, 0.15) is 0 Å². The number of aromatic nitrogens is 1. The molecule has 0 bridgehead atoms. The van der Waals surface area contributed by atoms with E-state index in [0.29, 0.717) is 6.54 Å². The average Bonchev–Trinajstić information content (AvgIpc) is 2.36. The van der Waals surface area contributed by atoms with Crippen LogP contribution in [0, 0.1) is 20.8 Å². The van der Waals surface area contributed by atoms with E-state index in [1.807, 2.05) is 54.9 Å². The fraction of sp³-hybridized carbons (Fsp3) is 0.250. The van der Waals surface area contributed by atoms with Gasteiger partial charge < -0.3 is 0 Å². The Morgan fingerprint density at radius 2 is 1.72 bits per heavy atom. The third kappa shape index (κ3) is 2.65. The van der Waals surface area contributed by atoms with Gasteiger partial charge in [-0.3, -0.25) is 4.79 Å². The fourth-order valence-electron chi connectivity index (χ4n) is 1.91. The lowest BCUT2D eigenvalue weighted by Gasteiger charge is -2.03. The molecule has 0 radical (unpaired) electrons. The van der Waals surface area contributed by atoms with Crippen molar-refractivity contribution < 1.29 is 9.36 Å². The summed E-state index contributed by atoms with van der Waals surface area (Å²) < 4.78 is 2.00. The van der Waals surface area contributed by atoms with Crippen LogP contribution in [0.15, 0.2) is 42.6 Å². The van der Waals surface area contributed by atoms with Gasteiger partial charge in [-0.1, -0.05) is 29.8 Å². The van der Waals surface area contributed by atoms with Crippen LogP contribution in [0.4, 0.5) is 0 Å². The van der Waals surface area contributed by atoms with Crippen LogP contribution in [0.5, 0.6) is 0 Å². The monoisotopic (exact) mass is 240 g/mol. The van der Waals surface area contributed by atoms with E-state index in [1.165, 1.54) is 11.1 Å². The molecule has 0 unspecified atom stereocenters. The summed E-state index contributed by atoms with van der Waals surface area (Å²) in [6.07, 6.45) is 1.95. The highest BCUT2D eigenvalue weighted by molar-refractivity contribution is 5.95. The fourth-order valence-corrected chi connectivity index (χ4v) is 1.91. The molecule has 0 N–H and O–H groups in total. The molecule has 1 aromatic carbocycles. The first-order valence-electron chi connectivity index (χ1n) is 6.13. The van der Waals surface area contributed by atoms with Crippen molar-refractivity contribution in [2.45, 2.75) is 27.3 Å². The summed E-state index contributed by atoms with van der Waals surface area (Å²) in [6, 6.07) is 11.8. The molecule has 2 aromatic rings. The lowest BCUT2D eigenvalue weighted by atomic mass is 10.1. The van der Waals surface area contributed by atoms with Gasteiger partial charge in [0, 0.05) is 24.1 Å². The normalized spacial score (nSPS) is 10.4. The smallest absolute Gasteiger partial charge is 0.227 e. The van der Waals surface area contributed by atoms with Crippen molar-refractivity contribution in [1.82, 2.24) is 0 Å². The number of nitrogens with zero attached hydrogens (tertiary/aromatic N) is 1. The first-order valence-corrected chi connectivity index (χ1v) is 6.13. The summed E-state index contributed by atoms with van der Waals surface area (Å²) in [7, 11) is 0. The number of aryl methyl sites for hydroxylation is 2. The second-order valence-electron chi connectivity index (χ2n) is 4.69. The maximum Gasteiger partial charge on any atom is 0.227 e. The lowest BCUT2D eigenvalue weighted by molar-refractivity contribution is -0.689. The first-order chi connectivity index (χ1) is 8.58. The van der Waals surface area contributed by atoms with Gasteiger partial charge in [-0.2, -0.15) is 4.57 Å². The summed E-state index contributed by atoms with van der Waals surface area (Å²) >= 11 is 0. The zero-order valence-electron chi connectivity index (χ0n) is 11.1. The molecule has 92 valence electrons. The molecule has 2 rings (SSSR count). The molecule has 0 saturated heterocycles. The van der Waals surface area contributed by atoms with E-state index in [4.69, 9.17) is 0 Å². The van der Waals surface area contributed by atoms with E-state index < -0.39 is 0 Å². The Bertz CT molecular complexity index is 570. The molecule has 0 atom stereocenters. The van der Waals surface area contributed by atoms with Gasteiger partial charge in [-0.05, 0) is 19.9 Å². The molecule has 2 nitrogen and oxygen atoms in total. The summed E-state index contributed by atoms with van der Waals surface area (Å²) in [4.78, 5) is 12.2. The standard InChI is InChI=1S/C16H18NO/c1-12-6-8-15(9-7-12)16(18)11-17-10-4-5-13(2)14(17)3/h4-10H,11H2,1-3H3/q+1. The van der Waals surface area contributed by atoms with E-state index in [1.54, 1.807) is 0 Å². The topological polar surface area (TPSA) is 20.9 Å². The molecule has 1 aromatic heterocycles. The number of ketones is 1. The average molecular weight is 240 g/mol. The zero-order valence-corrected chi connectivity index (χ0v) is 11.1. The number of carbonyl (C=O) groups is 1. The number of pyridine rings is 1. The van der Waals surface area contributed by atoms with E-state index in [-0.39, 0.29) is 5.78 Å². The van der Waals surface area contributed by atoms with Crippen LogP contribution in [0.2, 0.25) is 0 Å². The van der Waals surface area contributed by atoms with Gasteiger partial charge >= 0.3 is 0 Å². The highest BCUT2D eigenvalue weighted by Crippen LogP contribution is 2.05. The van der Waals surface area contributed by atoms with Crippen molar-refractivity contribution in [1.29, 1.82) is 0 Å². The number of hydrogen-bond donors (Lipinski definition) is 0. The molecule has 1 heterocycles. The second kappa shape index (κ2) is 5.13. The van der Waals surface area contributed by atoms with Gasteiger partial charge in [0.05, 0.1) is 0 Å². The highest BCUT2D eigenvalue weighted by Gasteiger charge is 2.15. The van der Waals surface area contributed by atoms with Crippen LogP contribution in [0.3, 0.4) is 0 Å². The largest absolute Gasteiger partial charge is 0.287 e. The molecule has 0 saturated carbocycles. The number of benzene rings is 1. The van der Waals surface area contributed by atoms with Crippen molar-refractivity contribution >= 4 is 5.78 Å². The molecule has 0 aliphatic carbocycles. The number of hydrogen-bond acceptors (Lipinski definition) is 1. The summed E-state index contributed by atoms with van der Waals surface area (Å²) in [5, 5.41) is 0. The molecule has 0 fully saturated rings. The number of rotatable bonds is 3. The van der Waals surface area contributed by atoms with Crippen LogP contribution < -0.4 is 4.57 Å². The zero-order chi connectivity index (χ0) is 13.1. The van der Waals surface area contributed by atoms with E-state index >= 15 is 0 Å². The molecule has 0 aliphatic heterocycles. The minimum atomic E-state index is 0.147. The first kappa shape index (κ1) is 12.5. The van der Waals surface area contributed by atoms with Crippen molar-refractivity contribution in [3.05, 3.63) is 65.0 Å². The highest BCUT2D eigenvalue weighted by atomic mass is 16.1. The van der Waals surface area contributed by atoms with E-state index in [9.17, 15) is 4.79 Å². The predicted molar refractivity (Wildman–Crippen MR) is 71.6 cm³/mol. The number of Topliss-reactive ketones (excluding diaryl/α,β-unsaturated/α-hetero) is 1. The Hall–Kier alpha value is -1.96. The van der Waals surface area contributed by atoms with Crippen molar-refractivity contribution in [2.24, 2.45) is 0 Å². The van der Waals surface area contributed by atoms with Gasteiger partial charge in [0.15, 0.2) is 11.9 Å². The third-order valence-corrected chi connectivity index (χ3v) is 3.30. The Morgan fingerprint density at radius 1 is 1.06 bits per heavy atom. The Morgan fingerprint density at radius 3 is 2.39 bits per heavy atom. The molecule has 2 heteroatoms. The quantitative estimate of drug-likeness (QED) is 0.597. The van der Waals surface area contributed by atoms with Crippen molar-refractivity contribution in [2.75, 3.05) is 0 Å². The Labute approximate surface area is 108 Å². The molecule has 0 spiro atoms. The summed E-state index contributed by atoms with van der Waals surface area (Å²) in [5.41, 5.74) is 4.28. The Balaban J connectivity index is 2.21. The SMILES string of the molecule is Cc1ccc(C(=O)C[n+]2cccc(C)c2C)cc1. The van der Waals surface area contributed by atoms with Crippen LogP contribution in [0.25, 0.3) is 0 Å². The Kier molecular flexibility index (Phi) is 3.56. The van der Waals surface area contributed by atoms with Crippen LogP contribution in [-0.2, 0) is 6.54 Å². The number of carbonyl (C=O) groups excluding carboxylic acids is 1. The van der Waals surface area contributed by atoms with Crippen LogP contribution >= 0.6 is 0 Å². The lowest BCUT2D eigenvalue weighted by Crippen LogP contribution is -2.41. The molecule has 0 amide bonds. The second-order valence-corrected chi connectivity index (χ2v) is 4.69. The van der Waals surface area contributed by atoms with Gasteiger partial charge in [0.2, 0.25) is 12.3 Å². The van der Waals surface area contributed by atoms with Crippen molar-refractivity contribution in [3.63, 3.8) is 0 Å². The molecule has 18 heavy (non-hydrogen) atoms.